The molecule has 0 unspecified atom stereocenters. The van der Waals surface area contributed by atoms with Crippen LogP contribution in [0, 0.1) is 0 Å². The average molecular weight is 320 g/mol. The summed E-state index contributed by atoms with van der Waals surface area (Å²) < 4.78 is 0. The SMILES string of the molecule is CCCC[C@H](CCC(C)=O)Nc1nc(Cl)nc2ccccc12. The van der Waals surface area contributed by atoms with Gasteiger partial charge in [-0.15, -0.1) is 0 Å². The maximum Gasteiger partial charge on any atom is 0.224 e. The number of para-hydroxylation sites is 1. The Labute approximate surface area is 136 Å². The number of hydrogen-bond donors (Lipinski definition) is 1. The smallest absolute Gasteiger partial charge is 0.224 e. The molecular formula is C17H22ClN3O. The van der Waals surface area contributed by atoms with Gasteiger partial charge in [-0.3, -0.25) is 0 Å². The lowest BCUT2D eigenvalue weighted by Gasteiger charge is -2.19. The fourth-order valence-electron chi connectivity index (χ4n) is 2.47. The lowest BCUT2D eigenvalue weighted by molar-refractivity contribution is -0.117. The summed E-state index contributed by atoms with van der Waals surface area (Å²) in [5, 5.41) is 4.66. The summed E-state index contributed by atoms with van der Waals surface area (Å²) in [6.07, 6.45) is 4.65. The summed E-state index contributed by atoms with van der Waals surface area (Å²) >= 11 is 6.02. The van der Waals surface area contributed by atoms with Crippen molar-refractivity contribution in [3.05, 3.63) is 29.5 Å². The quantitative estimate of drug-likeness (QED) is 0.721. The number of rotatable bonds is 8. The van der Waals surface area contributed by atoms with Crippen LogP contribution in [0.3, 0.4) is 0 Å². The van der Waals surface area contributed by atoms with Crippen LogP contribution in [0.5, 0.6) is 0 Å². The minimum atomic E-state index is 0.217. The predicted molar refractivity (Wildman–Crippen MR) is 91.4 cm³/mol. The van der Waals surface area contributed by atoms with Crippen LogP contribution in [-0.4, -0.2) is 21.8 Å². The number of Topliss-reactive ketones (excluding diaryl/α,β-unsaturated/α-hetero) is 1. The van der Waals surface area contributed by atoms with Crippen molar-refractivity contribution in [1.82, 2.24) is 9.97 Å². The van der Waals surface area contributed by atoms with E-state index in [1.165, 1.54) is 0 Å². The van der Waals surface area contributed by atoms with E-state index in [9.17, 15) is 4.79 Å². The number of aromatic nitrogens is 2. The van der Waals surface area contributed by atoms with Crippen LogP contribution in [0.4, 0.5) is 5.82 Å². The second-order valence-electron chi connectivity index (χ2n) is 5.58. The van der Waals surface area contributed by atoms with Gasteiger partial charge < -0.3 is 10.1 Å². The molecule has 0 radical (unpaired) electrons. The molecule has 22 heavy (non-hydrogen) atoms. The molecule has 0 aliphatic carbocycles. The molecule has 1 aromatic carbocycles. The van der Waals surface area contributed by atoms with Gasteiger partial charge in [-0.05, 0) is 43.5 Å². The molecule has 0 fully saturated rings. The minimum absolute atomic E-state index is 0.217. The van der Waals surface area contributed by atoms with Gasteiger partial charge in [0, 0.05) is 17.8 Å². The highest BCUT2D eigenvalue weighted by Gasteiger charge is 2.13. The van der Waals surface area contributed by atoms with E-state index in [1.807, 2.05) is 24.3 Å². The van der Waals surface area contributed by atoms with Crippen molar-refractivity contribution >= 4 is 34.1 Å². The number of carbonyl (C=O) groups excluding carboxylic acids is 1. The lowest BCUT2D eigenvalue weighted by atomic mass is 10.0. The number of carbonyl (C=O) groups is 1. The summed E-state index contributed by atoms with van der Waals surface area (Å²) in [5.74, 6) is 0.967. The van der Waals surface area contributed by atoms with Crippen LogP contribution in [0.25, 0.3) is 10.9 Å². The first-order valence-electron chi connectivity index (χ1n) is 7.78. The van der Waals surface area contributed by atoms with Gasteiger partial charge in [-0.25, -0.2) is 9.97 Å². The Morgan fingerprint density at radius 2 is 2.05 bits per heavy atom. The van der Waals surface area contributed by atoms with Crippen molar-refractivity contribution in [2.45, 2.75) is 52.0 Å². The van der Waals surface area contributed by atoms with E-state index < -0.39 is 0 Å². The molecule has 1 N–H and O–H groups in total. The summed E-state index contributed by atoms with van der Waals surface area (Å²) in [7, 11) is 0. The van der Waals surface area contributed by atoms with Crippen LogP contribution in [0.2, 0.25) is 5.28 Å². The number of benzene rings is 1. The van der Waals surface area contributed by atoms with Crippen LogP contribution in [-0.2, 0) is 4.79 Å². The standard InChI is InChI=1S/C17H22ClN3O/c1-3-4-7-13(11-10-12(2)22)19-16-14-8-5-6-9-15(14)20-17(18)21-16/h5-6,8-9,13H,3-4,7,10-11H2,1-2H3,(H,19,20,21)/t13-/m1/s1. The molecule has 4 nitrogen and oxygen atoms in total. The van der Waals surface area contributed by atoms with E-state index in [4.69, 9.17) is 11.6 Å². The van der Waals surface area contributed by atoms with Gasteiger partial charge in [0.15, 0.2) is 0 Å². The van der Waals surface area contributed by atoms with E-state index in [0.717, 1.165) is 42.4 Å². The number of nitrogens with one attached hydrogen (secondary N) is 1. The van der Waals surface area contributed by atoms with Crippen molar-refractivity contribution in [1.29, 1.82) is 0 Å². The number of nitrogens with zero attached hydrogens (tertiary/aromatic N) is 2. The first-order chi connectivity index (χ1) is 10.6. The van der Waals surface area contributed by atoms with Gasteiger partial charge in [-0.1, -0.05) is 31.9 Å². The Morgan fingerprint density at radius 3 is 2.77 bits per heavy atom. The lowest BCUT2D eigenvalue weighted by Crippen LogP contribution is -2.21. The summed E-state index contributed by atoms with van der Waals surface area (Å²) in [4.78, 5) is 19.8. The molecule has 5 heteroatoms. The molecular weight excluding hydrogens is 298 g/mol. The zero-order valence-electron chi connectivity index (χ0n) is 13.1. The van der Waals surface area contributed by atoms with E-state index in [0.29, 0.717) is 6.42 Å². The molecule has 1 heterocycles. The fourth-order valence-corrected chi connectivity index (χ4v) is 2.64. The summed E-state index contributed by atoms with van der Waals surface area (Å²) in [5.41, 5.74) is 0.825. The normalized spacial score (nSPS) is 12.3. The van der Waals surface area contributed by atoms with Crippen molar-refractivity contribution in [3.63, 3.8) is 0 Å². The molecule has 0 bridgehead atoms. The molecule has 0 aliphatic heterocycles. The number of halogens is 1. The van der Waals surface area contributed by atoms with Gasteiger partial charge in [0.1, 0.15) is 11.6 Å². The highest BCUT2D eigenvalue weighted by Crippen LogP contribution is 2.24. The van der Waals surface area contributed by atoms with Crippen molar-refractivity contribution in [3.8, 4) is 0 Å². The third kappa shape index (κ3) is 4.67. The van der Waals surface area contributed by atoms with Crippen LogP contribution >= 0.6 is 11.6 Å². The molecule has 1 atom stereocenters. The van der Waals surface area contributed by atoms with Crippen molar-refractivity contribution in [2.24, 2.45) is 0 Å². The third-order valence-corrected chi connectivity index (χ3v) is 3.84. The van der Waals surface area contributed by atoms with E-state index in [2.05, 4.69) is 22.2 Å². The van der Waals surface area contributed by atoms with Crippen LogP contribution < -0.4 is 5.32 Å². The van der Waals surface area contributed by atoms with E-state index >= 15 is 0 Å². The van der Waals surface area contributed by atoms with E-state index in [1.54, 1.807) is 6.92 Å². The largest absolute Gasteiger partial charge is 0.367 e. The minimum Gasteiger partial charge on any atom is -0.367 e. The highest BCUT2D eigenvalue weighted by molar-refractivity contribution is 6.28. The second kappa shape index (κ2) is 8.08. The molecule has 0 saturated heterocycles. The molecule has 1 aromatic heterocycles. The van der Waals surface area contributed by atoms with Gasteiger partial charge in [-0.2, -0.15) is 0 Å². The molecule has 0 amide bonds. The van der Waals surface area contributed by atoms with Gasteiger partial charge >= 0.3 is 0 Å². The molecule has 0 spiro atoms. The molecule has 2 rings (SSSR count). The Balaban J connectivity index is 2.22. The van der Waals surface area contributed by atoms with Crippen molar-refractivity contribution in [2.75, 3.05) is 5.32 Å². The fraction of sp³-hybridized carbons (Fsp3) is 0.471. The average Bonchev–Trinajstić information content (AvgIpc) is 2.49. The summed E-state index contributed by atoms with van der Waals surface area (Å²) in [6.45, 7) is 3.80. The molecule has 2 aromatic rings. The topological polar surface area (TPSA) is 54.9 Å². The third-order valence-electron chi connectivity index (χ3n) is 3.67. The van der Waals surface area contributed by atoms with Crippen LogP contribution in [0.15, 0.2) is 24.3 Å². The first kappa shape index (κ1) is 16.7. The number of fused-ring (bicyclic) bond motifs is 1. The highest BCUT2D eigenvalue weighted by atomic mass is 35.5. The van der Waals surface area contributed by atoms with Gasteiger partial charge in [0.2, 0.25) is 5.28 Å². The Morgan fingerprint density at radius 1 is 1.27 bits per heavy atom. The van der Waals surface area contributed by atoms with Gasteiger partial charge in [0.05, 0.1) is 5.52 Å². The number of unbranched alkanes of at least 4 members (excludes halogenated alkanes) is 1. The maximum absolute atomic E-state index is 11.3. The van der Waals surface area contributed by atoms with Crippen LogP contribution in [0.1, 0.15) is 46.0 Å². The summed E-state index contributed by atoms with van der Waals surface area (Å²) in [6, 6.07) is 8.01. The Kier molecular flexibility index (Phi) is 6.13. The zero-order chi connectivity index (χ0) is 15.9. The number of ketones is 1. The van der Waals surface area contributed by atoms with Crippen molar-refractivity contribution < 1.29 is 4.79 Å². The molecule has 0 saturated carbocycles. The Bertz CT molecular complexity index is 645. The number of hydrogen-bond acceptors (Lipinski definition) is 4. The number of anilines is 1. The zero-order valence-corrected chi connectivity index (χ0v) is 13.9. The first-order valence-corrected chi connectivity index (χ1v) is 8.16. The maximum atomic E-state index is 11.3. The molecule has 0 aliphatic rings. The monoisotopic (exact) mass is 319 g/mol. The molecule has 118 valence electrons. The van der Waals surface area contributed by atoms with Gasteiger partial charge in [0.25, 0.3) is 0 Å². The van der Waals surface area contributed by atoms with E-state index in [-0.39, 0.29) is 17.1 Å². The Hall–Kier alpha value is -1.68. The predicted octanol–water partition coefficient (Wildman–Crippen LogP) is 4.62. The second-order valence-corrected chi connectivity index (χ2v) is 5.92.